The quantitative estimate of drug-likeness (QED) is 0.708. The summed E-state index contributed by atoms with van der Waals surface area (Å²) in [5.74, 6) is 0.247. The number of alkyl halides is 3. The second-order valence-corrected chi connectivity index (χ2v) is 2.83. The lowest BCUT2D eigenvalue weighted by Crippen LogP contribution is -2.37. The molecule has 1 fully saturated rings. The molecule has 0 radical (unpaired) electrons. The first kappa shape index (κ1) is 11.0. The first-order chi connectivity index (χ1) is 4.50. The fourth-order valence-corrected chi connectivity index (χ4v) is 0.846. The fourth-order valence-electron chi connectivity index (χ4n) is 0.846. The Balaban J connectivity index is 0.000001000. The average Bonchev–Trinajstić information content (AvgIpc) is 2.47. The van der Waals surface area contributed by atoms with Gasteiger partial charge in [-0.3, -0.25) is 0 Å². The smallest absolute Gasteiger partial charge is 0.320 e. The van der Waals surface area contributed by atoms with E-state index in [1.54, 1.807) is 0 Å². The number of hydrogen-bond donors (Lipinski definition) is 1. The van der Waals surface area contributed by atoms with Crippen LogP contribution < -0.4 is 5.73 Å². The zero-order valence-corrected chi connectivity index (χ0v) is 6.71. The SMILES string of the molecule is Cl.NC(CC1CC1)C(F)(F)F. The van der Waals surface area contributed by atoms with E-state index in [2.05, 4.69) is 0 Å². The molecule has 11 heavy (non-hydrogen) atoms. The number of rotatable bonds is 2. The van der Waals surface area contributed by atoms with E-state index in [0.717, 1.165) is 12.8 Å². The minimum Gasteiger partial charge on any atom is -0.320 e. The van der Waals surface area contributed by atoms with Gasteiger partial charge >= 0.3 is 6.18 Å². The second kappa shape index (κ2) is 3.63. The highest BCUT2D eigenvalue weighted by Crippen LogP contribution is 2.36. The summed E-state index contributed by atoms with van der Waals surface area (Å²) >= 11 is 0. The fraction of sp³-hybridized carbons (Fsp3) is 1.00. The summed E-state index contributed by atoms with van der Waals surface area (Å²) in [5, 5.41) is 0. The van der Waals surface area contributed by atoms with Crippen molar-refractivity contribution in [1.29, 1.82) is 0 Å². The van der Waals surface area contributed by atoms with Crippen molar-refractivity contribution in [3.05, 3.63) is 0 Å². The molecule has 0 aromatic rings. The molecule has 1 atom stereocenters. The van der Waals surface area contributed by atoms with Crippen molar-refractivity contribution in [2.75, 3.05) is 0 Å². The van der Waals surface area contributed by atoms with Crippen molar-refractivity contribution >= 4 is 12.4 Å². The normalized spacial score (nSPS) is 20.7. The van der Waals surface area contributed by atoms with E-state index in [1.807, 2.05) is 0 Å². The molecule has 0 aromatic heterocycles. The highest BCUT2D eigenvalue weighted by atomic mass is 35.5. The minimum absolute atomic E-state index is 0. The number of halogens is 4. The van der Waals surface area contributed by atoms with Crippen LogP contribution in [0.15, 0.2) is 0 Å². The van der Waals surface area contributed by atoms with Gasteiger partial charge in [-0.25, -0.2) is 0 Å². The Hall–Kier alpha value is 0.0400. The number of hydrogen-bond acceptors (Lipinski definition) is 1. The highest BCUT2D eigenvalue weighted by Gasteiger charge is 2.39. The van der Waals surface area contributed by atoms with Crippen LogP contribution in [0, 0.1) is 5.92 Å². The molecule has 1 aliphatic carbocycles. The Bertz CT molecular complexity index is 121. The summed E-state index contributed by atoms with van der Waals surface area (Å²) in [6.07, 6.45) is -2.24. The number of nitrogens with two attached hydrogens (primary N) is 1. The summed E-state index contributed by atoms with van der Waals surface area (Å²) in [7, 11) is 0. The van der Waals surface area contributed by atoms with Crippen LogP contribution in [0.3, 0.4) is 0 Å². The van der Waals surface area contributed by atoms with Gasteiger partial charge in [-0.15, -0.1) is 12.4 Å². The predicted octanol–water partition coefficient (Wildman–Crippen LogP) is 2.10. The Morgan fingerprint density at radius 3 is 2.09 bits per heavy atom. The molecule has 1 saturated carbocycles. The molecule has 1 rings (SSSR count). The topological polar surface area (TPSA) is 26.0 Å². The van der Waals surface area contributed by atoms with Crippen LogP contribution in [0.2, 0.25) is 0 Å². The first-order valence-corrected chi connectivity index (χ1v) is 3.32. The van der Waals surface area contributed by atoms with Crippen LogP contribution in [0.1, 0.15) is 19.3 Å². The van der Waals surface area contributed by atoms with E-state index < -0.39 is 12.2 Å². The third-order valence-electron chi connectivity index (χ3n) is 1.70. The Labute approximate surface area is 69.5 Å². The average molecular weight is 190 g/mol. The summed E-state index contributed by atoms with van der Waals surface area (Å²) in [6.45, 7) is 0. The lowest BCUT2D eigenvalue weighted by molar-refractivity contribution is -0.149. The molecule has 2 N–H and O–H groups in total. The van der Waals surface area contributed by atoms with E-state index in [9.17, 15) is 13.2 Å². The van der Waals surface area contributed by atoms with Crippen LogP contribution in [0.4, 0.5) is 13.2 Å². The van der Waals surface area contributed by atoms with Crippen LogP contribution in [-0.4, -0.2) is 12.2 Å². The molecule has 0 aliphatic heterocycles. The van der Waals surface area contributed by atoms with Crippen molar-refractivity contribution < 1.29 is 13.2 Å². The Morgan fingerprint density at radius 2 is 1.82 bits per heavy atom. The van der Waals surface area contributed by atoms with Gasteiger partial charge in [0.2, 0.25) is 0 Å². The van der Waals surface area contributed by atoms with Crippen LogP contribution in [0.25, 0.3) is 0 Å². The third-order valence-corrected chi connectivity index (χ3v) is 1.70. The minimum atomic E-state index is -4.19. The van der Waals surface area contributed by atoms with Crippen molar-refractivity contribution in [1.82, 2.24) is 0 Å². The molecule has 0 spiro atoms. The molecule has 0 amide bonds. The van der Waals surface area contributed by atoms with Gasteiger partial charge in [0.1, 0.15) is 6.04 Å². The van der Waals surface area contributed by atoms with E-state index >= 15 is 0 Å². The highest BCUT2D eigenvalue weighted by molar-refractivity contribution is 5.85. The van der Waals surface area contributed by atoms with Crippen LogP contribution >= 0.6 is 12.4 Å². The van der Waals surface area contributed by atoms with Crippen LogP contribution in [-0.2, 0) is 0 Å². The maximum atomic E-state index is 11.7. The molecule has 0 aromatic carbocycles. The monoisotopic (exact) mass is 189 g/mol. The lowest BCUT2D eigenvalue weighted by Gasteiger charge is -2.14. The van der Waals surface area contributed by atoms with Gasteiger partial charge in [0.05, 0.1) is 0 Å². The van der Waals surface area contributed by atoms with Crippen molar-refractivity contribution in [3.63, 3.8) is 0 Å². The standard InChI is InChI=1S/C6H10F3N.ClH/c7-6(8,9)5(10)3-4-1-2-4;/h4-5H,1-3,10H2;1H. The van der Waals surface area contributed by atoms with Gasteiger partial charge in [-0.05, 0) is 12.3 Å². The van der Waals surface area contributed by atoms with Gasteiger partial charge in [0, 0.05) is 0 Å². The van der Waals surface area contributed by atoms with Crippen molar-refractivity contribution in [2.45, 2.75) is 31.5 Å². The molecule has 0 saturated heterocycles. The largest absolute Gasteiger partial charge is 0.403 e. The maximum absolute atomic E-state index is 11.7. The van der Waals surface area contributed by atoms with Gasteiger partial charge < -0.3 is 5.73 Å². The van der Waals surface area contributed by atoms with Crippen molar-refractivity contribution in [3.8, 4) is 0 Å². The summed E-state index contributed by atoms with van der Waals surface area (Å²) < 4.78 is 35.1. The van der Waals surface area contributed by atoms with Crippen LogP contribution in [0.5, 0.6) is 0 Å². The molecule has 1 unspecified atom stereocenters. The molecule has 68 valence electrons. The van der Waals surface area contributed by atoms with Gasteiger partial charge in [-0.1, -0.05) is 12.8 Å². The van der Waals surface area contributed by atoms with Crippen molar-refractivity contribution in [2.24, 2.45) is 11.7 Å². The molecule has 1 nitrogen and oxygen atoms in total. The molecule has 0 heterocycles. The maximum Gasteiger partial charge on any atom is 0.403 e. The van der Waals surface area contributed by atoms with Gasteiger partial charge in [0.15, 0.2) is 0 Å². The van der Waals surface area contributed by atoms with Gasteiger partial charge in [0.25, 0.3) is 0 Å². The second-order valence-electron chi connectivity index (χ2n) is 2.83. The summed E-state index contributed by atoms with van der Waals surface area (Å²) in [4.78, 5) is 0. The zero-order chi connectivity index (χ0) is 7.78. The third kappa shape index (κ3) is 3.82. The molecule has 1 aliphatic rings. The van der Waals surface area contributed by atoms with E-state index in [1.165, 1.54) is 0 Å². The molecule has 0 bridgehead atoms. The summed E-state index contributed by atoms with van der Waals surface area (Å²) in [5.41, 5.74) is 4.87. The Morgan fingerprint density at radius 1 is 1.36 bits per heavy atom. The molecule has 5 heteroatoms. The van der Waals surface area contributed by atoms with E-state index in [0.29, 0.717) is 0 Å². The zero-order valence-electron chi connectivity index (χ0n) is 5.90. The molecular weight excluding hydrogens is 179 g/mol. The first-order valence-electron chi connectivity index (χ1n) is 3.32. The van der Waals surface area contributed by atoms with E-state index in [4.69, 9.17) is 5.73 Å². The Kier molecular flexibility index (Phi) is 3.64. The van der Waals surface area contributed by atoms with E-state index in [-0.39, 0.29) is 24.7 Å². The molecular formula is C6H11ClF3N. The predicted molar refractivity (Wildman–Crippen MR) is 38.6 cm³/mol. The lowest BCUT2D eigenvalue weighted by atomic mass is 10.1. The summed E-state index contributed by atoms with van der Waals surface area (Å²) in [6, 6.07) is -1.60. The van der Waals surface area contributed by atoms with Gasteiger partial charge in [-0.2, -0.15) is 13.2 Å².